The van der Waals surface area contributed by atoms with Crippen LogP contribution in [0.3, 0.4) is 0 Å². The first kappa shape index (κ1) is 23.9. The highest BCUT2D eigenvalue weighted by Gasteiger charge is 2.06. The first-order valence-electron chi connectivity index (χ1n) is 11.1. The molecular formula is C28H26BO6. The quantitative estimate of drug-likeness (QED) is 0.243. The highest BCUT2D eigenvalue weighted by atomic mass is 16.6. The summed E-state index contributed by atoms with van der Waals surface area (Å²) < 4.78 is 33.5. The third-order valence-corrected chi connectivity index (χ3v) is 5.06. The van der Waals surface area contributed by atoms with Crippen molar-refractivity contribution in [3.63, 3.8) is 0 Å². The molecule has 0 N–H and O–H groups in total. The van der Waals surface area contributed by atoms with E-state index in [0.29, 0.717) is 36.2 Å². The summed E-state index contributed by atoms with van der Waals surface area (Å²) in [6.07, 6.45) is 0. The number of hydrogen-bond acceptors (Lipinski definition) is 6. The third-order valence-electron chi connectivity index (χ3n) is 5.06. The van der Waals surface area contributed by atoms with Crippen molar-refractivity contribution in [3.05, 3.63) is 108 Å². The van der Waals surface area contributed by atoms with Crippen LogP contribution in [0.15, 0.2) is 97.1 Å². The van der Waals surface area contributed by atoms with Gasteiger partial charge in [-0.1, -0.05) is 36.4 Å². The molecule has 0 aliphatic carbocycles. The van der Waals surface area contributed by atoms with Crippen molar-refractivity contribution in [1.82, 2.24) is 0 Å². The normalized spacial score (nSPS) is 10.2. The molecule has 6 nitrogen and oxygen atoms in total. The molecule has 4 aromatic rings. The van der Waals surface area contributed by atoms with Crippen LogP contribution in [-0.2, 0) is 13.2 Å². The van der Waals surface area contributed by atoms with Gasteiger partial charge < -0.3 is 28.3 Å². The molecule has 0 unspecified atom stereocenters. The smallest absolute Gasteiger partial charge is 0.526 e. The first-order chi connectivity index (χ1) is 17.2. The van der Waals surface area contributed by atoms with Gasteiger partial charge >= 0.3 is 7.69 Å². The minimum atomic E-state index is 0.420. The Morgan fingerprint density at radius 2 is 0.886 bits per heavy atom. The predicted octanol–water partition coefficient (Wildman–Crippen LogP) is 5.85. The van der Waals surface area contributed by atoms with Crippen LogP contribution in [0.25, 0.3) is 0 Å². The summed E-state index contributed by atoms with van der Waals surface area (Å²) in [5.74, 6) is 4.16. The molecule has 4 rings (SSSR count). The summed E-state index contributed by atoms with van der Waals surface area (Å²) in [5, 5.41) is 0. The molecule has 177 valence electrons. The number of ether oxygens (including phenoxy) is 4. The fraction of sp³-hybridized carbons (Fsp3) is 0.143. The predicted molar refractivity (Wildman–Crippen MR) is 135 cm³/mol. The highest BCUT2D eigenvalue weighted by Crippen LogP contribution is 2.23. The number of rotatable bonds is 12. The zero-order valence-electron chi connectivity index (χ0n) is 19.7. The Morgan fingerprint density at radius 1 is 0.486 bits per heavy atom. The molecule has 0 saturated heterocycles. The van der Waals surface area contributed by atoms with Gasteiger partial charge in [0.2, 0.25) is 0 Å². The molecule has 0 spiro atoms. The fourth-order valence-corrected chi connectivity index (χ4v) is 3.27. The molecule has 0 atom stereocenters. The van der Waals surface area contributed by atoms with Crippen molar-refractivity contribution in [2.75, 3.05) is 14.2 Å². The number of hydrogen-bond donors (Lipinski definition) is 0. The van der Waals surface area contributed by atoms with Crippen LogP contribution in [0.2, 0.25) is 0 Å². The molecule has 0 aliphatic heterocycles. The molecule has 0 fully saturated rings. The van der Waals surface area contributed by atoms with Gasteiger partial charge in [0, 0.05) is 12.1 Å². The monoisotopic (exact) mass is 469 g/mol. The molecule has 0 bridgehead atoms. The second kappa shape index (κ2) is 12.3. The van der Waals surface area contributed by atoms with Crippen molar-refractivity contribution in [3.8, 4) is 34.5 Å². The average molecular weight is 469 g/mol. The molecule has 0 saturated carbocycles. The Kier molecular flexibility index (Phi) is 8.38. The molecule has 35 heavy (non-hydrogen) atoms. The summed E-state index contributed by atoms with van der Waals surface area (Å²) in [6, 6.07) is 30.2. The van der Waals surface area contributed by atoms with E-state index in [1.807, 2.05) is 84.9 Å². The molecule has 0 aliphatic rings. The molecule has 0 amide bonds. The standard InChI is InChI=1S/C28H26BO6/c1-30-23-9-3-7-21(15-23)19-32-25-11-5-13-27(17-25)34-29-35-28-14-6-12-26(18-28)33-20-22-8-4-10-24(16-22)31-2/h3-18H,19-20H2,1-2H3. The maximum Gasteiger partial charge on any atom is 0.658 e. The van der Waals surface area contributed by atoms with E-state index in [1.54, 1.807) is 26.4 Å². The Bertz CT molecular complexity index is 1130. The van der Waals surface area contributed by atoms with Crippen LogP contribution in [0.5, 0.6) is 34.5 Å². The number of benzene rings is 4. The van der Waals surface area contributed by atoms with Crippen LogP contribution >= 0.6 is 0 Å². The van der Waals surface area contributed by atoms with Gasteiger partial charge in [0.15, 0.2) is 0 Å². The van der Waals surface area contributed by atoms with Crippen molar-refractivity contribution < 1.29 is 28.3 Å². The van der Waals surface area contributed by atoms with E-state index < -0.39 is 0 Å². The Morgan fingerprint density at radius 3 is 1.34 bits per heavy atom. The molecule has 4 aromatic carbocycles. The van der Waals surface area contributed by atoms with Gasteiger partial charge in [-0.3, -0.25) is 0 Å². The van der Waals surface area contributed by atoms with Gasteiger partial charge in [-0.05, 0) is 59.7 Å². The maximum absolute atomic E-state index is 5.88. The Hall–Kier alpha value is -4.26. The lowest BCUT2D eigenvalue weighted by Crippen LogP contribution is -2.11. The zero-order valence-corrected chi connectivity index (χ0v) is 19.7. The second-order valence-corrected chi connectivity index (χ2v) is 7.56. The van der Waals surface area contributed by atoms with Crippen LogP contribution in [0, 0.1) is 0 Å². The molecular weight excluding hydrogens is 443 g/mol. The summed E-state index contributed by atoms with van der Waals surface area (Å²) in [5.41, 5.74) is 2.03. The Labute approximate surface area is 206 Å². The molecule has 0 heterocycles. The largest absolute Gasteiger partial charge is 0.658 e. The lowest BCUT2D eigenvalue weighted by Gasteiger charge is -2.11. The summed E-state index contributed by atoms with van der Waals surface area (Å²) >= 11 is 0. The van der Waals surface area contributed by atoms with Crippen LogP contribution in [0.4, 0.5) is 0 Å². The van der Waals surface area contributed by atoms with E-state index in [2.05, 4.69) is 0 Å². The van der Waals surface area contributed by atoms with Gasteiger partial charge in [-0.15, -0.1) is 0 Å². The minimum absolute atomic E-state index is 0.420. The van der Waals surface area contributed by atoms with Crippen LogP contribution in [-0.4, -0.2) is 21.9 Å². The lowest BCUT2D eigenvalue weighted by molar-refractivity contribution is 0.303. The van der Waals surface area contributed by atoms with E-state index in [0.717, 1.165) is 22.6 Å². The first-order valence-corrected chi connectivity index (χ1v) is 11.1. The lowest BCUT2D eigenvalue weighted by atomic mass is 10.2. The SMILES string of the molecule is COc1cccc(COc2cccc(O[B]Oc3cccc(OCc4cccc(OC)c4)c3)c2)c1. The van der Waals surface area contributed by atoms with Gasteiger partial charge in [0.05, 0.1) is 14.2 Å². The van der Waals surface area contributed by atoms with Crippen molar-refractivity contribution in [2.45, 2.75) is 13.2 Å². The summed E-state index contributed by atoms with van der Waals surface area (Å²) in [7, 11) is 4.57. The summed E-state index contributed by atoms with van der Waals surface area (Å²) in [6.45, 7) is 0.840. The third kappa shape index (κ3) is 7.37. The second-order valence-electron chi connectivity index (χ2n) is 7.56. The van der Waals surface area contributed by atoms with E-state index >= 15 is 0 Å². The van der Waals surface area contributed by atoms with E-state index in [9.17, 15) is 0 Å². The highest BCUT2D eigenvalue weighted by molar-refractivity contribution is 6.20. The van der Waals surface area contributed by atoms with Crippen molar-refractivity contribution in [1.29, 1.82) is 0 Å². The zero-order chi connectivity index (χ0) is 24.3. The van der Waals surface area contributed by atoms with Gasteiger partial charge in [0.25, 0.3) is 0 Å². The fourth-order valence-electron chi connectivity index (χ4n) is 3.27. The molecule has 7 heteroatoms. The Balaban J connectivity index is 1.25. The average Bonchev–Trinajstić information content (AvgIpc) is 2.91. The molecule has 1 radical (unpaired) electrons. The van der Waals surface area contributed by atoms with Gasteiger partial charge in [-0.25, -0.2) is 0 Å². The molecule has 0 aromatic heterocycles. The topological polar surface area (TPSA) is 55.4 Å². The minimum Gasteiger partial charge on any atom is -0.526 e. The number of methoxy groups -OCH3 is 2. The van der Waals surface area contributed by atoms with Crippen molar-refractivity contribution >= 4 is 7.69 Å². The van der Waals surface area contributed by atoms with Gasteiger partial charge in [0.1, 0.15) is 47.7 Å². The van der Waals surface area contributed by atoms with E-state index in [-0.39, 0.29) is 0 Å². The summed E-state index contributed by atoms with van der Waals surface area (Å²) in [4.78, 5) is 0. The van der Waals surface area contributed by atoms with Gasteiger partial charge in [-0.2, -0.15) is 0 Å². The van der Waals surface area contributed by atoms with Crippen LogP contribution < -0.4 is 28.3 Å². The maximum atomic E-state index is 5.88. The van der Waals surface area contributed by atoms with Crippen molar-refractivity contribution in [2.24, 2.45) is 0 Å². The van der Waals surface area contributed by atoms with E-state index in [1.165, 1.54) is 7.69 Å². The van der Waals surface area contributed by atoms with E-state index in [4.69, 9.17) is 28.3 Å². The van der Waals surface area contributed by atoms with Crippen LogP contribution in [0.1, 0.15) is 11.1 Å².